The van der Waals surface area contributed by atoms with Gasteiger partial charge in [-0.1, -0.05) is 40.9 Å². The van der Waals surface area contributed by atoms with Gasteiger partial charge in [-0.3, -0.25) is 0 Å². The molecule has 1 fully saturated rings. The molecule has 1 aliphatic heterocycles. The summed E-state index contributed by atoms with van der Waals surface area (Å²) in [5, 5.41) is 1.60. The monoisotopic (exact) mass is 541 g/mol. The van der Waals surface area contributed by atoms with Crippen LogP contribution in [-0.2, 0) is 21.8 Å². The van der Waals surface area contributed by atoms with E-state index in [1.165, 1.54) is 0 Å². The van der Waals surface area contributed by atoms with Gasteiger partial charge in [0.05, 0.1) is 41.3 Å². The van der Waals surface area contributed by atoms with E-state index >= 15 is 0 Å². The van der Waals surface area contributed by atoms with Crippen LogP contribution in [0.3, 0.4) is 0 Å². The molecule has 2 unspecified atom stereocenters. The van der Waals surface area contributed by atoms with E-state index in [1.807, 2.05) is 29.0 Å². The van der Waals surface area contributed by atoms with Crippen molar-refractivity contribution in [1.29, 1.82) is 0 Å². The summed E-state index contributed by atoms with van der Waals surface area (Å²) < 4.78 is 14.5. The van der Waals surface area contributed by atoms with Gasteiger partial charge in [-0.15, -0.1) is 36.6 Å². The Morgan fingerprint density at radius 2 is 1.94 bits per heavy atom. The van der Waals surface area contributed by atoms with Crippen LogP contribution in [0.1, 0.15) is 5.56 Å². The molecule has 0 saturated carbocycles. The normalized spacial score (nSPS) is 20.2. The fourth-order valence-electron chi connectivity index (χ4n) is 3.16. The predicted octanol–water partition coefficient (Wildman–Crippen LogP) is 6.33. The molecular formula is C20H20Cl5N3O2S. The Balaban J connectivity index is 0.00000171. The number of aromatic nitrogens is 2. The maximum atomic E-state index is 6.49. The van der Waals surface area contributed by atoms with Gasteiger partial charge >= 0.3 is 0 Å². The standard InChI is InChI=1S/C20H18Cl3N3O2S.2ClH/c21-13-1-3-16(17(22)7-13)20(11-26-6-5-25-12-26)27-9-14(28-20)10-29-15-2-4-19(24)18(23)8-15;;/h1-8,12,14H,9-11,24H2;2*1H. The molecule has 3 aromatic rings. The number of halogens is 5. The number of rotatable bonds is 6. The van der Waals surface area contributed by atoms with Crippen LogP contribution in [0.5, 0.6) is 0 Å². The highest BCUT2D eigenvalue weighted by atomic mass is 35.5. The quantitative estimate of drug-likeness (QED) is 0.291. The third kappa shape index (κ3) is 6.15. The van der Waals surface area contributed by atoms with Crippen molar-refractivity contribution in [3.8, 4) is 0 Å². The molecule has 2 heterocycles. The van der Waals surface area contributed by atoms with Gasteiger partial charge in [0.2, 0.25) is 5.79 Å². The molecule has 4 rings (SSSR count). The van der Waals surface area contributed by atoms with Crippen molar-refractivity contribution in [3.63, 3.8) is 0 Å². The lowest BCUT2D eigenvalue weighted by atomic mass is 10.1. The predicted molar refractivity (Wildman–Crippen MR) is 132 cm³/mol. The van der Waals surface area contributed by atoms with Crippen LogP contribution < -0.4 is 5.73 Å². The van der Waals surface area contributed by atoms with Crippen molar-refractivity contribution in [2.45, 2.75) is 23.3 Å². The average Bonchev–Trinajstić information content (AvgIpc) is 3.33. The van der Waals surface area contributed by atoms with Crippen molar-refractivity contribution in [3.05, 3.63) is 75.8 Å². The summed E-state index contributed by atoms with van der Waals surface area (Å²) in [7, 11) is 0. The number of anilines is 1. The second-order valence-corrected chi connectivity index (χ2v) is 9.00. The van der Waals surface area contributed by atoms with Gasteiger partial charge in [0.1, 0.15) is 0 Å². The minimum absolute atomic E-state index is 0. The van der Waals surface area contributed by atoms with Gasteiger partial charge in [-0.25, -0.2) is 4.98 Å². The minimum Gasteiger partial charge on any atom is -0.398 e. The number of nitrogens with two attached hydrogens (primary N) is 1. The molecule has 2 atom stereocenters. The Labute approximate surface area is 212 Å². The summed E-state index contributed by atoms with van der Waals surface area (Å²) in [5.74, 6) is -0.330. The molecule has 0 spiro atoms. The lowest BCUT2D eigenvalue weighted by Crippen LogP contribution is -2.34. The van der Waals surface area contributed by atoms with Crippen LogP contribution in [-0.4, -0.2) is 28.0 Å². The van der Waals surface area contributed by atoms with Crippen LogP contribution in [0.4, 0.5) is 5.69 Å². The van der Waals surface area contributed by atoms with E-state index < -0.39 is 5.79 Å². The molecule has 1 aliphatic rings. The summed E-state index contributed by atoms with van der Waals surface area (Å²) >= 11 is 20.3. The number of benzene rings is 2. The lowest BCUT2D eigenvalue weighted by molar-refractivity contribution is -0.184. The van der Waals surface area contributed by atoms with Crippen LogP contribution in [0.2, 0.25) is 15.1 Å². The Bertz CT molecular complexity index is 1010. The van der Waals surface area contributed by atoms with Gasteiger partial charge in [0.25, 0.3) is 0 Å². The van der Waals surface area contributed by atoms with Gasteiger partial charge in [0, 0.05) is 33.6 Å². The number of thioether (sulfide) groups is 1. The van der Waals surface area contributed by atoms with Crippen molar-refractivity contribution >= 4 is 77.1 Å². The van der Waals surface area contributed by atoms with E-state index in [-0.39, 0.29) is 30.9 Å². The van der Waals surface area contributed by atoms with Gasteiger partial charge in [0.15, 0.2) is 0 Å². The highest BCUT2D eigenvalue weighted by molar-refractivity contribution is 7.99. The molecule has 2 aromatic carbocycles. The molecule has 0 amide bonds. The maximum absolute atomic E-state index is 6.49. The third-order valence-corrected chi connectivity index (χ3v) is 6.56. The average molecular weight is 544 g/mol. The van der Waals surface area contributed by atoms with E-state index in [2.05, 4.69) is 4.98 Å². The molecule has 0 bridgehead atoms. The Morgan fingerprint density at radius 1 is 1.13 bits per heavy atom. The molecule has 1 saturated heterocycles. The van der Waals surface area contributed by atoms with E-state index in [0.717, 1.165) is 10.5 Å². The highest BCUT2D eigenvalue weighted by Crippen LogP contribution is 2.41. The van der Waals surface area contributed by atoms with Gasteiger partial charge < -0.3 is 19.8 Å². The highest BCUT2D eigenvalue weighted by Gasteiger charge is 2.45. The van der Waals surface area contributed by atoms with Crippen molar-refractivity contribution in [2.24, 2.45) is 0 Å². The van der Waals surface area contributed by atoms with Gasteiger partial charge in [-0.05, 0) is 30.3 Å². The molecule has 11 heteroatoms. The van der Waals surface area contributed by atoms with Crippen LogP contribution in [0.15, 0.2) is 60.0 Å². The number of hydrogen-bond acceptors (Lipinski definition) is 5. The van der Waals surface area contributed by atoms with E-state index in [9.17, 15) is 0 Å². The first kappa shape index (κ1) is 26.4. The van der Waals surface area contributed by atoms with Crippen LogP contribution in [0.25, 0.3) is 0 Å². The number of nitrogens with zero attached hydrogens (tertiary/aromatic N) is 2. The molecule has 168 valence electrons. The van der Waals surface area contributed by atoms with Crippen molar-refractivity contribution in [2.75, 3.05) is 18.1 Å². The number of nitrogen functional groups attached to an aromatic ring is 1. The second-order valence-electron chi connectivity index (χ2n) is 6.66. The molecule has 5 nitrogen and oxygen atoms in total. The van der Waals surface area contributed by atoms with Crippen LogP contribution >= 0.6 is 71.4 Å². The summed E-state index contributed by atoms with van der Waals surface area (Å²) in [4.78, 5) is 5.12. The lowest BCUT2D eigenvalue weighted by Gasteiger charge is -2.30. The van der Waals surface area contributed by atoms with Crippen molar-refractivity contribution < 1.29 is 9.47 Å². The zero-order valence-corrected chi connectivity index (χ0v) is 20.8. The molecule has 0 aliphatic carbocycles. The molecule has 2 N–H and O–H groups in total. The first-order valence-electron chi connectivity index (χ1n) is 8.86. The summed E-state index contributed by atoms with van der Waals surface area (Å²) in [6.07, 6.45) is 5.16. The first-order chi connectivity index (χ1) is 13.9. The Kier molecular flexibility index (Phi) is 9.67. The van der Waals surface area contributed by atoms with E-state index in [0.29, 0.717) is 39.7 Å². The smallest absolute Gasteiger partial charge is 0.215 e. The largest absolute Gasteiger partial charge is 0.398 e. The molecule has 1 aromatic heterocycles. The minimum atomic E-state index is -1.02. The summed E-state index contributed by atoms with van der Waals surface area (Å²) in [6.45, 7) is 0.854. The number of imidazole rings is 1. The number of ether oxygens (including phenoxy) is 2. The maximum Gasteiger partial charge on any atom is 0.215 e. The second kappa shape index (κ2) is 11.3. The molecule has 0 radical (unpaired) electrons. The van der Waals surface area contributed by atoms with E-state index in [1.54, 1.807) is 42.5 Å². The van der Waals surface area contributed by atoms with Gasteiger partial charge in [-0.2, -0.15) is 0 Å². The molecular weight excluding hydrogens is 524 g/mol. The first-order valence-corrected chi connectivity index (χ1v) is 11.0. The van der Waals surface area contributed by atoms with Crippen LogP contribution in [0, 0.1) is 0 Å². The van der Waals surface area contributed by atoms with E-state index in [4.69, 9.17) is 50.0 Å². The summed E-state index contributed by atoms with van der Waals surface area (Å²) in [5.41, 5.74) is 7.08. The fourth-order valence-corrected chi connectivity index (χ4v) is 4.87. The fraction of sp³-hybridized carbons (Fsp3) is 0.250. The SMILES string of the molecule is Cl.Cl.Nc1ccc(SCC2COC(Cn3ccnc3)(c3ccc(Cl)cc3Cl)O2)cc1Cl. The molecule has 31 heavy (non-hydrogen) atoms. The summed E-state index contributed by atoms with van der Waals surface area (Å²) in [6, 6.07) is 10.9. The Morgan fingerprint density at radius 3 is 2.61 bits per heavy atom. The topological polar surface area (TPSA) is 62.3 Å². The number of hydrogen-bond donors (Lipinski definition) is 1. The Hall–Kier alpha value is -0.830. The van der Waals surface area contributed by atoms with Crippen molar-refractivity contribution in [1.82, 2.24) is 9.55 Å². The zero-order chi connectivity index (χ0) is 20.4. The zero-order valence-electron chi connectivity index (χ0n) is 16.0. The third-order valence-electron chi connectivity index (χ3n) is 4.56.